The average molecular weight is 242 g/mol. The molecule has 0 amide bonds. The first-order chi connectivity index (χ1) is 8.12. The van der Waals surface area contributed by atoms with Gasteiger partial charge in [0.05, 0.1) is 0 Å². The largest absolute Gasteiger partial charge is 0.586 e. The van der Waals surface area contributed by atoms with Gasteiger partial charge >= 0.3 is 6.29 Å². The van der Waals surface area contributed by atoms with Crippen LogP contribution in [0.4, 0.5) is 14.5 Å². The predicted octanol–water partition coefficient (Wildman–Crippen LogP) is 1.78. The minimum Gasteiger partial charge on any atom is -0.395 e. The monoisotopic (exact) mass is 242 g/mol. The van der Waals surface area contributed by atoms with E-state index in [1.54, 1.807) is 6.07 Å². The predicted molar refractivity (Wildman–Crippen MR) is 57.5 cm³/mol. The van der Waals surface area contributed by atoms with E-state index >= 15 is 0 Å². The minimum atomic E-state index is -3.55. The summed E-state index contributed by atoms with van der Waals surface area (Å²) in [5.74, 6) is 0.149. The lowest BCUT2D eigenvalue weighted by molar-refractivity contribution is -0.286. The number of alkyl halides is 2. The standard InChI is InChI=1S/C11H12F2N2O2/c12-11(13)16-9-2-1-7(5-10(9)17-11)15-8-3-4-14-6-8/h1-2,5,8,14-15H,3-4,6H2. The molecule has 0 aromatic heterocycles. The number of nitrogens with one attached hydrogen (secondary N) is 2. The van der Waals surface area contributed by atoms with E-state index in [0.29, 0.717) is 6.04 Å². The summed E-state index contributed by atoms with van der Waals surface area (Å²) in [5, 5.41) is 6.47. The molecule has 4 nitrogen and oxygen atoms in total. The molecule has 1 saturated heterocycles. The van der Waals surface area contributed by atoms with Crippen molar-refractivity contribution >= 4 is 5.69 Å². The van der Waals surface area contributed by atoms with E-state index in [0.717, 1.165) is 25.2 Å². The van der Waals surface area contributed by atoms with E-state index in [2.05, 4.69) is 20.1 Å². The minimum absolute atomic E-state index is 0.0742. The Bertz CT molecular complexity index is 433. The second-order valence-electron chi connectivity index (χ2n) is 4.16. The molecule has 2 heterocycles. The molecule has 6 heteroatoms. The van der Waals surface area contributed by atoms with Gasteiger partial charge in [-0.2, -0.15) is 0 Å². The van der Waals surface area contributed by atoms with E-state index in [1.807, 2.05) is 0 Å². The van der Waals surface area contributed by atoms with Gasteiger partial charge in [-0.15, -0.1) is 8.78 Å². The lowest BCUT2D eigenvalue weighted by Gasteiger charge is -2.12. The third kappa shape index (κ3) is 2.12. The zero-order valence-electron chi connectivity index (χ0n) is 9.00. The van der Waals surface area contributed by atoms with Crippen molar-refractivity contribution in [2.75, 3.05) is 18.4 Å². The first-order valence-electron chi connectivity index (χ1n) is 5.49. The molecule has 0 aliphatic carbocycles. The van der Waals surface area contributed by atoms with E-state index in [-0.39, 0.29) is 11.5 Å². The van der Waals surface area contributed by atoms with Gasteiger partial charge in [-0.25, -0.2) is 0 Å². The van der Waals surface area contributed by atoms with Crippen LogP contribution >= 0.6 is 0 Å². The molecular formula is C11H12F2N2O2. The van der Waals surface area contributed by atoms with Crippen LogP contribution in [0.15, 0.2) is 18.2 Å². The van der Waals surface area contributed by atoms with Crippen molar-refractivity contribution in [2.45, 2.75) is 18.8 Å². The van der Waals surface area contributed by atoms with Crippen molar-refractivity contribution in [3.05, 3.63) is 18.2 Å². The number of fused-ring (bicyclic) bond motifs is 1. The highest BCUT2D eigenvalue weighted by Gasteiger charge is 2.43. The van der Waals surface area contributed by atoms with Crippen LogP contribution in [0.2, 0.25) is 0 Å². The van der Waals surface area contributed by atoms with Crippen molar-refractivity contribution in [3.63, 3.8) is 0 Å². The van der Waals surface area contributed by atoms with Crippen LogP contribution in [0.25, 0.3) is 0 Å². The van der Waals surface area contributed by atoms with Crippen LogP contribution in [-0.4, -0.2) is 25.4 Å². The zero-order chi connectivity index (χ0) is 11.9. The molecule has 0 saturated carbocycles. The summed E-state index contributed by atoms with van der Waals surface area (Å²) in [7, 11) is 0. The molecule has 2 N–H and O–H groups in total. The molecule has 2 aliphatic rings. The Kier molecular flexibility index (Phi) is 2.32. The maximum absolute atomic E-state index is 12.8. The van der Waals surface area contributed by atoms with Gasteiger partial charge in [0.1, 0.15) is 0 Å². The molecule has 1 aromatic rings. The Morgan fingerprint density at radius 3 is 2.88 bits per heavy atom. The van der Waals surface area contributed by atoms with Gasteiger partial charge in [0.2, 0.25) is 0 Å². The Balaban J connectivity index is 1.76. The SMILES string of the molecule is FC1(F)Oc2ccc(NC3CCNC3)cc2O1. The Labute approximate surface area is 96.9 Å². The van der Waals surface area contributed by atoms with Gasteiger partial charge in [0, 0.05) is 24.3 Å². The average Bonchev–Trinajstić information content (AvgIpc) is 2.83. The van der Waals surface area contributed by atoms with E-state index < -0.39 is 6.29 Å². The summed E-state index contributed by atoms with van der Waals surface area (Å²) >= 11 is 0. The second-order valence-corrected chi connectivity index (χ2v) is 4.16. The van der Waals surface area contributed by atoms with E-state index in [9.17, 15) is 8.78 Å². The summed E-state index contributed by atoms with van der Waals surface area (Å²) in [6.07, 6.45) is -2.53. The number of hydrogen-bond donors (Lipinski definition) is 2. The molecule has 1 unspecified atom stereocenters. The van der Waals surface area contributed by atoms with Gasteiger partial charge in [-0.05, 0) is 25.1 Å². The second kappa shape index (κ2) is 3.73. The molecule has 1 fully saturated rings. The van der Waals surface area contributed by atoms with Crippen LogP contribution < -0.4 is 20.1 Å². The van der Waals surface area contributed by atoms with Crippen LogP contribution in [0.5, 0.6) is 11.5 Å². The summed E-state index contributed by atoms with van der Waals surface area (Å²) in [5.41, 5.74) is 0.763. The van der Waals surface area contributed by atoms with E-state index in [4.69, 9.17) is 0 Å². The quantitative estimate of drug-likeness (QED) is 0.829. The molecule has 0 radical (unpaired) electrons. The van der Waals surface area contributed by atoms with Crippen molar-refractivity contribution < 1.29 is 18.3 Å². The number of benzene rings is 1. The fourth-order valence-corrected chi connectivity index (χ4v) is 2.05. The number of ether oxygens (including phenoxy) is 2. The third-order valence-corrected chi connectivity index (χ3v) is 2.83. The highest BCUT2D eigenvalue weighted by Crippen LogP contribution is 2.42. The first kappa shape index (κ1) is 10.6. The number of hydrogen-bond acceptors (Lipinski definition) is 4. The number of anilines is 1. The molecule has 1 atom stereocenters. The zero-order valence-corrected chi connectivity index (χ0v) is 9.00. The lowest BCUT2D eigenvalue weighted by Crippen LogP contribution is -2.26. The normalized spacial score (nSPS) is 24.9. The first-order valence-corrected chi connectivity index (χ1v) is 5.49. The molecule has 92 valence electrons. The summed E-state index contributed by atoms with van der Waals surface area (Å²) in [4.78, 5) is 0. The maximum Gasteiger partial charge on any atom is 0.586 e. The van der Waals surface area contributed by atoms with Gasteiger partial charge in [0.25, 0.3) is 0 Å². The maximum atomic E-state index is 12.8. The molecule has 17 heavy (non-hydrogen) atoms. The Morgan fingerprint density at radius 2 is 2.12 bits per heavy atom. The van der Waals surface area contributed by atoms with Crippen molar-refractivity contribution in [1.29, 1.82) is 0 Å². The van der Waals surface area contributed by atoms with Crippen LogP contribution in [0, 0.1) is 0 Å². The van der Waals surface area contributed by atoms with Crippen molar-refractivity contribution in [1.82, 2.24) is 5.32 Å². The third-order valence-electron chi connectivity index (χ3n) is 2.83. The Hall–Kier alpha value is -1.56. The molecule has 2 aliphatic heterocycles. The lowest BCUT2D eigenvalue weighted by atomic mass is 10.2. The Morgan fingerprint density at radius 1 is 1.29 bits per heavy atom. The fraction of sp³-hybridized carbons (Fsp3) is 0.455. The summed E-state index contributed by atoms with van der Waals surface area (Å²) in [6.45, 7) is 1.85. The molecule has 0 spiro atoms. The van der Waals surface area contributed by atoms with E-state index in [1.165, 1.54) is 12.1 Å². The van der Waals surface area contributed by atoms with Gasteiger partial charge in [-0.3, -0.25) is 0 Å². The number of halogens is 2. The highest BCUT2D eigenvalue weighted by atomic mass is 19.3. The highest BCUT2D eigenvalue weighted by molar-refractivity contribution is 5.56. The smallest absolute Gasteiger partial charge is 0.395 e. The summed E-state index contributed by atoms with van der Waals surface area (Å²) in [6, 6.07) is 5.06. The molecule has 0 bridgehead atoms. The molecule has 3 rings (SSSR count). The fourth-order valence-electron chi connectivity index (χ4n) is 2.05. The van der Waals surface area contributed by atoms with Gasteiger partial charge in [0.15, 0.2) is 11.5 Å². The molecule has 1 aromatic carbocycles. The van der Waals surface area contributed by atoms with Gasteiger partial charge in [-0.1, -0.05) is 0 Å². The topological polar surface area (TPSA) is 42.5 Å². The van der Waals surface area contributed by atoms with Crippen molar-refractivity contribution in [3.8, 4) is 11.5 Å². The molecular weight excluding hydrogens is 230 g/mol. The van der Waals surface area contributed by atoms with Crippen LogP contribution in [0.3, 0.4) is 0 Å². The van der Waals surface area contributed by atoms with Gasteiger partial charge < -0.3 is 20.1 Å². The van der Waals surface area contributed by atoms with Crippen LogP contribution in [0.1, 0.15) is 6.42 Å². The number of rotatable bonds is 2. The van der Waals surface area contributed by atoms with Crippen LogP contribution in [-0.2, 0) is 0 Å². The summed E-state index contributed by atoms with van der Waals surface area (Å²) < 4.78 is 34.3. The van der Waals surface area contributed by atoms with Crippen molar-refractivity contribution in [2.24, 2.45) is 0 Å².